The van der Waals surface area contributed by atoms with Crippen LogP contribution in [0.1, 0.15) is 31.5 Å². The highest BCUT2D eigenvalue weighted by atomic mass is 32.1. The highest BCUT2D eigenvalue weighted by Gasteiger charge is 2.18. The molecule has 2 aromatic carbocycles. The lowest BCUT2D eigenvalue weighted by molar-refractivity contribution is 0.288. The molecule has 6 nitrogen and oxygen atoms in total. The maximum absolute atomic E-state index is 5.80. The third-order valence-corrected chi connectivity index (χ3v) is 6.10. The second-order valence-electron chi connectivity index (χ2n) is 7.44. The molecule has 0 spiro atoms. The van der Waals surface area contributed by atoms with E-state index in [2.05, 4.69) is 24.4 Å². The van der Waals surface area contributed by atoms with Crippen molar-refractivity contribution in [1.29, 1.82) is 0 Å². The number of benzene rings is 2. The Labute approximate surface area is 198 Å². The smallest absolute Gasteiger partial charge is 0.163 e. The minimum absolute atomic E-state index is 0.562. The zero-order chi connectivity index (χ0) is 23.4. The van der Waals surface area contributed by atoms with Crippen LogP contribution in [0.4, 0.5) is 11.5 Å². The van der Waals surface area contributed by atoms with E-state index < -0.39 is 0 Å². The van der Waals surface area contributed by atoms with E-state index in [1.165, 1.54) is 4.88 Å². The average molecular weight is 464 g/mol. The number of ether oxygens (including phenoxy) is 3. The van der Waals surface area contributed by atoms with Crippen LogP contribution < -0.4 is 19.5 Å². The van der Waals surface area contributed by atoms with E-state index in [-0.39, 0.29) is 0 Å². The van der Waals surface area contributed by atoms with Crippen LogP contribution in [0, 0.1) is 13.8 Å². The molecule has 0 aliphatic heterocycles. The van der Waals surface area contributed by atoms with Crippen molar-refractivity contribution in [1.82, 2.24) is 9.97 Å². The third-order valence-electron chi connectivity index (χ3n) is 5.10. The number of fused-ring (bicyclic) bond motifs is 1. The number of hydrogen-bond donors (Lipinski definition) is 1. The predicted octanol–water partition coefficient (Wildman–Crippen LogP) is 6.91. The van der Waals surface area contributed by atoms with Gasteiger partial charge in [0, 0.05) is 22.2 Å². The number of nitrogens with one attached hydrogen (secondary N) is 1. The molecule has 2 aromatic heterocycles. The largest absolute Gasteiger partial charge is 0.494 e. The van der Waals surface area contributed by atoms with Crippen LogP contribution >= 0.6 is 11.3 Å². The molecule has 0 radical (unpaired) electrons. The molecule has 172 valence electrons. The summed E-state index contributed by atoms with van der Waals surface area (Å²) in [6, 6.07) is 14.0. The Kier molecular flexibility index (Phi) is 6.99. The van der Waals surface area contributed by atoms with Crippen LogP contribution in [0.15, 0.2) is 42.5 Å². The van der Waals surface area contributed by atoms with Gasteiger partial charge in [-0.3, -0.25) is 0 Å². The maximum atomic E-state index is 5.80. The molecule has 2 heterocycles. The zero-order valence-corrected chi connectivity index (χ0v) is 20.5. The summed E-state index contributed by atoms with van der Waals surface area (Å²) in [6.07, 6.45) is 0. The van der Waals surface area contributed by atoms with Gasteiger partial charge in [-0.25, -0.2) is 9.97 Å². The van der Waals surface area contributed by atoms with E-state index in [1.807, 2.05) is 58.0 Å². The molecule has 0 unspecified atom stereocenters. The van der Waals surface area contributed by atoms with Gasteiger partial charge in [-0.05, 0) is 64.4 Å². The van der Waals surface area contributed by atoms with E-state index >= 15 is 0 Å². The number of rotatable bonds is 9. The lowest BCUT2D eigenvalue weighted by atomic mass is 10.0. The first-order valence-electron chi connectivity index (χ1n) is 11.2. The fraction of sp³-hybridized carbons (Fsp3) is 0.308. The van der Waals surface area contributed by atoms with Gasteiger partial charge in [0.1, 0.15) is 22.2 Å². The standard InChI is InChI=1S/C26H29N3O3S/c1-6-30-20-12-9-18(10-13-20)23-16(4)33-26-24(23)25(27-17(5)28-26)29-19-11-14-21(31-7-2)22(15-19)32-8-3/h9-15H,6-8H2,1-5H3,(H,27,28,29). The van der Waals surface area contributed by atoms with Crippen molar-refractivity contribution >= 4 is 33.1 Å². The zero-order valence-electron chi connectivity index (χ0n) is 19.7. The minimum atomic E-state index is 0.562. The van der Waals surface area contributed by atoms with Crippen molar-refractivity contribution in [2.24, 2.45) is 0 Å². The molecule has 4 aromatic rings. The maximum Gasteiger partial charge on any atom is 0.163 e. The van der Waals surface area contributed by atoms with Gasteiger partial charge in [-0.2, -0.15) is 0 Å². The second kappa shape index (κ2) is 10.1. The summed E-state index contributed by atoms with van der Waals surface area (Å²) >= 11 is 1.68. The first-order chi connectivity index (χ1) is 16.0. The van der Waals surface area contributed by atoms with E-state index in [4.69, 9.17) is 24.2 Å². The van der Waals surface area contributed by atoms with Gasteiger partial charge < -0.3 is 19.5 Å². The average Bonchev–Trinajstić information content (AvgIpc) is 3.12. The molecule has 7 heteroatoms. The van der Waals surface area contributed by atoms with Crippen molar-refractivity contribution in [2.45, 2.75) is 34.6 Å². The first-order valence-corrected chi connectivity index (χ1v) is 12.0. The van der Waals surface area contributed by atoms with E-state index in [9.17, 15) is 0 Å². The molecule has 0 saturated heterocycles. The van der Waals surface area contributed by atoms with Crippen molar-refractivity contribution in [3.05, 3.63) is 53.2 Å². The number of hydrogen-bond acceptors (Lipinski definition) is 7. The predicted molar refractivity (Wildman–Crippen MR) is 136 cm³/mol. The molecule has 0 aliphatic rings. The molecular weight excluding hydrogens is 434 g/mol. The minimum Gasteiger partial charge on any atom is -0.494 e. The lowest BCUT2D eigenvalue weighted by Crippen LogP contribution is -2.01. The Morgan fingerprint density at radius 1 is 0.818 bits per heavy atom. The van der Waals surface area contributed by atoms with Crippen LogP contribution in [0.3, 0.4) is 0 Å². The molecule has 0 saturated carbocycles. The Bertz CT molecular complexity index is 1250. The van der Waals surface area contributed by atoms with Gasteiger partial charge in [-0.1, -0.05) is 12.1 Å². The molecule has 33 heavy (non-hydrogen) atoms. The highest BCUT2D eigenvalue weighted by Crippen LogP contribution is 2.42. The summed E-state index contributed by atoms with van der Waals surface area (Å²) in [4.78, 5) is 11.6. The molecule has 1 N–H and O–H groups in total. The highest BCUT2D eigenvalue weighted by molar-refractivity contribution is 7.19. The third kappa shape index (κ3) is 4.88. The van der Waals surface area contributed by atoms with E-state index in [1.54, 1.807) is 11.3 Å². The fourth-order valence-electron chi connectivity index (χ4n) is 3.81. The summed E-state index contributed by atoms with van der Waals surface area (Å²) in [6.45, 7) is 11.7. The van der Waals surface area contributed by atoms with Crippen molar-refractivity contribution in [3.8, 4) is 28.4 Å². The molecular formula is C26H29N3O3S. The fourth-order valence-corrected chi connectivity index (χ4v) is 4.90. The number of aromatic nitrogens is 2. The van der Waals surface area contributed by atoms with Gasteiger partial charge in [0.05, 0.1) is 25.2 Å². The molecule has 0 fully saturated rings. The van der Waals surface area contributed by atoms with E-state index in [0.717, 1.165) is 50.2 Å². The van der Waals surface area contributed by atoms with Crippen LogP contribution in [0.25, 0.3) is 21.3 Å². The number of nitrogens with zero attached hydrogens (tertiary/aromatic N) is 2. The van der Waals surface area contributed by atoms with Gasteiger partial charge >= 0.3 is 0 Å². The topological polar surface area (TPSA) is 65.5 Å². The van der Waals surface area contributed by atoms with Gasteiger partial charge in [-0.15, -0.1) is 11.3 Å². The van der Waals surface area contributed by atoms with Gasteiger partial charge in [0.25, 0.3) is 0 Å². The first kappa shape index (κ1) is 22.9. The van der Waals surface area contributed by atoms with E-state index in [0.29, 0.717) is 25.6 Å². The molecule has 0 amide bonds. The Balaban J connectivity index is 1.79. The van der Waals surface area contributed by atoms with Crippen LogP contribution in [-0.2, 0) is 0 Å². The second-order valence-corrected chi connectivity index (χ2v) is 8.65. The number of aryl methyl sites for hydroxylation is 2. The normalized spacial score (nSPS) is 10.9. The van der Waals surface area contributed by atoms with Crippen molar-refractivity contribution < 1.29 is 14.2 Å². The van der Waals surface area contributed by atoms with Crippen molar-refractivity contribution in [2.75, 3.05) is 25.1 Å². The van der Waals surface area contributed by atoms with Crippen molar-refractivity contribution in [3.63, 3.8) is 0 Å². The summed E-state index contributed by atoms with van der Waals surface area (Å²) in [5.41, 5.74) is 3.12. The van der Waals surface area contributed by atoms with Crippen LogP contribution in [-0.4, -0.2) is 29.8 Å². The number of thiophene rings is 1. The Morgan fingerprint density at radius 3 is 2.21 bits per heavy atom. The summed E-state index contributed by atoms with van der Waals surface area (Å²) in [5, 5.41) is 4.52. The molecule has 0 atom stereocenters. The lowest BCUT2D eigenvalue weighted by Gasteiger charge is -2.14. The quantitative estimate of drug-likeness (QED) is 0.291. The summed E-state index contributed by atoms with van der Waals surface area (Å²) in [5.74, 6) is 3.80. The van der Waals surface area contributed by atoms with Crippen LogP contribution in [0.2, 0.25) is 0 Å². The monoisotopic (exact) mass is 463 g/mol. The SMILES string of the molecule is CCOc1ccc(-c2c(C)sc3nc(C)nc(Nc4ccc(OCC)c(OCC)c4)c23)cc1. The van der Waals surface area contributed by atoms with Gasteiger partial charge in [0.2, 0.25) is 0 Å². The summed E-state index contributed by atoms with van der Waals surface area (Å²) < 4.78 is 17.1. The van der Waals surface area contributed by atoms with Gasteiger partial charge in [0.15, 0.2) is 11.5 Å². The van der Waals surface area contributed by atoms with Crippen LogP contribution in [0.5, 0.6) is 17.2 Å². The molecule has 0 aliphatic carbocycles. The summed E-state index contributed by atoms with van der Waals surface area (Å²) in [7, 11) is 0. The number of anilines is 2. The Hall–Kier alpha value is -3.32. The Morgan fingerprint density at radius 2 is 1.52 bits per heavy atom. The molecule has 4 rings (SSSR count). The molecule has 0 bridgehead atoms.